The van der Waals surface area contributed by atoms with Gasteiger partial charge in [0.05, 0.1) is 38.3 Å². The van der Waals surface area contributed by atoms with Crippen molar-refractivity contribution < 1.29 is 19.0 Å². The summed E-state index contributed by atoms with van der Waals surface area (Å²) in [5, 5.41) is 4.63. The molecular formula is C26H25N3O4. The Morgan fingerprint density at radius 2 is 1.70 bits per heavy atom. The summed E-state index contributed by atoms with van der Waals surface area (Å²) < 4.78 is 17.8. The fourth-order valence-corrected chi connectivity index (χ4v) is 4.58. The van der Waals surface area contributed by atoms with E-state index in [-0.39, 0.29) is 11.7 Å². The lowest BCUT2D eigenvalue weighted by Crippen LogP contribution is -2.21. The molecule has 2 heterocycles. The summed E-state index contributed by atoms with van der Waals surface area (Å²) in [6.07, 6.45) is 2.91. The molecule has 0 bridgehead atoms. The first-order valence-corrected chi connectivity index (χ1v) is 10.8. The third kappa shape index (κ3) is 3.59. The van der Waals surface area contributed by atoms with Crippen molar-refractivity contribution in [1.29, 1.82) is 0 Å². The smallest absolute Gasteiger partial charge is 0.166 e. The Kier molecular flexibility index (Phi) is 5.24. The molecule has 2 aromatic carbocycles. The van der Waals surface area contributed by atoms with Crippen LogP contribution in [0.4, 0.5) is 0 Å². The summed E-state index contributed by atoms with van der Waals surface area (Å²) in [5.74, 6) is 2.21. The number of ketones is 1. The number of fused-ring (bicyclic) bond motifs is 2. The summed E-state index contributed by atoms with van der Waals surface area (Å²) in [6, 6.07) is 13.7. The van der Waals surface area contributed by atoms with Gasteiger partial charge in [0.15, 0.2) is 22.9 Å². The maximum atomic E-state index is 13.1. The normalized spacial score (nSPS) is 15.4. The lowest BCUT2D eigenvalue weighted by molar-refractivity contribution is 0.0962. The topological polar surface area (TPSA) is 75.0 Å². The average molecular weight is 444 g/mol. The molecule has 33 heavy (non-hydrogen) atoms. The Bertz CT molecular complexity index is 1360. The number of Topliss-reactive ketones (excluding diaryl/α,β-unsaturated/α-hetero) is 1. The summed E-state index contributed by atoms with van der Waals surface area (Å²) in [6.45, 7) is 1.96. The number of nitrogens with zero attached hydrogens (tertiary/aromatic N) is 3. The van der Waals surface area contributed by atoms with Crippen molar-refractivity contribution in [1.82, 2.24) is 14.6 Å². The molecule has 0 aliphatic heterocycles. The quantitative estimate of drug-likeness (QED) is 0.447. The Labute approximate surface area is 191 Å². The van der Waals surface area contributed by atoms with Gasteiger partial charge in [0, 0.05) is 18.2 Å². The van der Waals surface area contributed by atoms with Crippen LogP contribution in [0.15, 0.2) is 48.7 Å². The van der Waals surface area contributed by atoms with E-state index in [1.54, 1.807) is 25.8 Å². The Hall–Kier alpha value is -3.87. The number of ether oxygens (including phenoxy) is 3. The van der Waals surface area contributed by atoms with Crippen LogP contribution >= 0.6 is 0 Å². The largest absolute Gasteiger partial charge is 0.497 e. The third-order valence-corrected chi connectivity index (χ3v) is 6.29. The van der Waals surface area contributed by atoms with E-state index in [1.807, 2.05) is 55.6 Å². The summed E-state index contributed by atoms with van der Waals surface area (Å²) in [4.78, 5) is 18.0. The molecule has 0 spiro atoms. The van der Waals surface area contributed by atoms with Crippen molar-refractivity contribution in [2.45, 2.75) is 25.7 Å². The molecular weight excluding hydrogens is 418 g/mol. The van der Waals surface area contributed by atoms with E-state index in [2.05, 4.69) is 5.10 Å². The number of carbonyl (C=O) groups is 1. The maximum Gasteiger partial charge on any atom is 0.166 e. The second kappa shape index (κ2) is 8.24. The molecule has 7 nitrogen and oxygen atoms in total. The van der Waals surface area contributed by atoms with Crippen LogP contribution in [-0.2, 0) is 6.42 Å². The van der Waals surface area contributed by atoms with Crippen molar-refractivity contribution in [2.75, 3.05) is 21.3 Å². The highest BCUT2D eigenvalue weighted by Gasteiger charge is 2.29. The van der Waals surface area contributed by atoms with E-state index in [9.17, 15) is 4.79 Å². The van der Waals surface area contributed by atoms with Gasteiger partial charge in [-0.1, -0.05) is 18.2 Å². The highest BCUT2D eigenvalue weighted by molar-refractivity contribution is 5.99. The number of methoxy groups -OCH3 is 3. The summed E-state index contributed by atoms with van der Waals surface area (Å²) in [5.41, 5.74) is 6.05. The van der Waals surface area contributed by atoms with Gasteiger partial charge in [-0.05, 0) is 54.7 Å². The molecule has 2 aromatic heterocycles. The van der Waals surface area contributed by atoms with E-state index in [0.29, 0.717) is 29.9 Å². The van der Waals surface area contributed by atoms with Gasteiger partial charge in [0.25, 0.3) is 0 Å². The minimum Gasteiger partial charge on any atom is -0.497 e. The number of hydrogen-bond acceptors (Lipinski definition) is 6. The van der Waals surface area contributed by atoms with E-state index in [0.717, 1.165) is 39.5 Å². The SMILES string of the molecule is COc1ccc(-c2c(C)nn3cc4c(nc23)CC(c2ccc(OC)c(OC)c2)CC4=O)cc1. The molecule has 4 aromatic rings. The zero-order valence-electron chi connectivity index (χ0n) is 19.1. The van der Waals surface area contributed by atoms with Crippen molar-refractivity contribution in [3.63, 3.8) is 0 Å². The highest BCUT2D eigenvalue weighted by atomic mass is 16.5. The number of carbonyl (C=O) groups excluding carboxylic acids is 1. The molecule has 1 aliphatic rings. The number of benzene rings is 2. The van der Waals surface area contributed by atoms with Crippen LogP contribution in [0.1, 0.15) is 39.6 Å². The van der Waals surface area contributed by atoms with Crippen LogP contribution in [0.3, 0.4) is 0 Å². The van der Waals surface area contributed by atoms with E-state index >= 15 is 0 Å². The Balaban J connectivity index is 1.57. The molecule has 0 radical (unpaired) electrons. The van der Waals surface area contributed by atoms with E-state index in [4.69, 9.17) is 19.2 Å². The third-order valence-electron chi connectivity index (χ3n) is 6.29. The molecule has 7 heteroatoms. The van der Waals surface area contributed by atoms with Crippen LogP contribution in [0, 0.1) is 6.92 Å². The predicted octanol–water partition coefficient (Wildman–Crippen LogP) is 4.64. The van der Waals surface area contributed by atoms with Crippen molar-refractivity contribution in [3.8, 4) is 28.4 Å². The minimum atomic E-state index is 0.0215. The van der Waals surface area contributed by atoms with Gasteiger partial charge in [0.1, 0.15) is 5.75 Å². The molecule has 1 aliphatic carbocycles. The van der Waals surface area contributed by atoms with Crippen LogP contribution in [-0.4, -0.2) is 41.7 Å². The number of aryl methyl sites for hydroxylation is 1. The second-order valence-corrected chi connectivity index (χ2v) is 8.20. The predicted molar refractivity (Wildman–Crippen MR) is 125 cm³/mol. The van der Waals surface area contributed by atoms with Crippen LogP contribution in [0.5, 0.6) is 17.2 Å². The summed E-state index contributed by atoms with van der Waals surface area (Å²) >= 11 is 0. The molecule has 1 atom stereocenters. The first kappa shape index (κ1) is 21.0. The van der Waals surface area contributed by atoms with Gasteiger partial charge in [-0.2, -0.15) is 5.10 Å². The molecule has 1 unspecified atom stereocenters. The standard InChI is InChI=1S/C26H25N3O4/c1-15-25(16-5-8-19(31-2)9-6-16)26-27-21-11-18(12-22(30)20(21)14-29(26)28-15)17-7-10-23(32-3)24(13-17)33-4/h5-10,13-14,18H,11-12H2,1-4H3. The molecule has 0 saturated carbocycles. The second-order valence-electron chi connectivity index (χ2n) is 8.20. The molecule has 168 valence electrons. The zero-order chi connectivity index (χ0) is 23.1. The molecule has 0 fully saturated rings. The zero-order valence-corrected chi connectivity index (χ0v) is 19.1. The van der Waals surface area contributed by atoms with Crippen molar-refractivity contribution >= 4 is 11.4 Å². The van der Waals surface area contributed by atoms with Gasteiger partial charge in [-0.25, -0.2) is 9.50 Å². The fourth-order valence-electron chi connectivity index (χ4n) is 4.58. The molecule has 0 amide bonds. The number of rotatable bonds is 5. The maximum absolute atomic E-state index is 13.1. The number of hydrogen-bond donors (Lipinski definition) is 0. The summed E-state index contributed by atoms with van der Waals surface area (Å²) in [7, 11) is 4.88. The molecule has 0 saturated heterocycles. The fraction of sp³-hybridized carbons (Fsp3) is 0.269. The Morgan fingerprint density at radius 1 is 0.939 bits per heavy atom. The van der Waals surface area contributed by atoms with Crippen LogP contribution in [0.2, 0.25) is 0 Å². The van der Waals surface area contributed by atoms with E-state index in [1.165, 1.54) is 0 Å². The van der Waals surface area contributed by atoms with E-state index < -0.39 is 0 Å². The van der Waals surface area contributed by atoms with Gasteiger partial charge in [-0.3, -0.25) is 4.79 Å². The number of aromatic nitrogens is 3. The molecule has 0 N–H and O–H groups in total. The Morgan fingerprint density at radius 3 is 2.39 bits per heavy atom. The van der Waals surface area contributed by atoms with Gasteiger partial charge >= 0.3 is 0 Å². The molecule has 5 rings (SSSR count). The lowest BCUT2D eigenvalue weighted by atomic mass is 9.82. The van der Waals surface area contributed by atoms with Gasteiger partial charge < -0.3 is 14.2 Å². The first-order chi connectivity index (χ1) is 16.0. The first-order valence-electron chi connectivity index (χ1n) is 10.8. The minimum absolute atomic E-state index is 0.0215. The monoisotopic (exact) mass is 443 g/mol. The van der Waals surface area contributed by atoms with Gasteiger partial charge in [-0.15, -0.1) is 0 Å². The lowest BCUT2D eigenvalue weighted by Gasteiger charge is -2.24. The van der Waals surface area contributed by atoms with Crippen LogP contribution in [0.25, 0.3) is 16.8 Å². The highest BCUT2D eigenvalue weighted by Crippen LogP contribution is 2.37. The van der Waals surface area contributed by atoms with Crippen molar-refractivity contribution in [3.05, 3.63) is 71.2 Å². The van der Waals surface area contributed by atoms with Gasteiger partial charge in [0.2, 0.25) is 0 Å². The van der Waals surface area contributed by atoms with Crippen molar-refractivity contribution in [2.24, 2.45) is 0 Å². The van der Waals surface area contributed by atoms with Crippen LogP contribution < -0.4 is 14.2 Å². The average Bonchev–Trinajstić information content (AvgIpc) is 3.16.